The number of carbonyl (C=O) groups is 1. The summed E-state index contributed by atoms with van der Waals surface area (Å²) in [5, 5.41) is 0. The van der Waals surface area contributed by atoms with E-state index in [1.807, 2.05) is 35.2 Å². The lowest BCUT2D eigenvalue weighted by atomic mass is 9.89. The minimum Gasteiger partial charge on any atom is -0.497 e. The first-order valence-corrected chi connectivity index (χ1v) is 9.75. The second kappa shape index (κ2) is 7.63. The highest BCUT2D eigenvalue weighted by Crippen LogP contribution is 2.42. The number of hydrogen-bond donors (Lipinski definition) is 0. The van der Waals surface area contributed by atoms with Gasteiger partial charge in [0, 0.05) is 5.69 Å². The fraction of sp³-hybridized carbons (Fsp3) is 0.240. The first kappa shape index (κ1) is 19.1. The van der Waals surface area contributed by atoms with E-state index >= 15 is 0 Å². The number of β-lactam (4-membered cyclic amide) rings is 1. The van der Waals surface area contributed by atoms with Crippen molar-refractivity contribution in [1.29, 1.82) is 0 Å². The Kier molecular flexibility index (Phi) is 5.01. The summed E-state index contributed by atoms with van der Waals surface area (Å²) in [6.07, 6.45) is -0.562. The molecule has 1 aliphatic rings. The van der Waals surface area contributed by atoms with Crippen LogP contribution >= 0.6 is 0 Å². The topological polar surface area (TPSA) is 38.8 Å². The van der Waals surface area contributed by atoms with Crippen LogP contribution in [0.1, 0.15) is 28.3 Å². The molecule has 3 aromatic rings. The van der Waals surface area contributed by atoms with Gasteiger partial charge in [-0.1, -0.05) is 35.9 Å². The van der Waals surface area contributed by atoms with Crippen molar-refractivity contribution in [3.63, 3.8) is 0 Å². The molecule has 1 heterocycles. The number of nitrogens with zero attached hydrogens (tertiary/aromatic N) is 1. The summed E-state index contributed by atoms with van der Waals surface area (Å²) in [5.74, 6) is 1.37. The van der Waals surface area contributed by atoms with E-state index < -0.39 is 6.10 Å². The molecule has 1 amide bonds. The number of methoxy groups -OCH3 is 1. The second-order valence-electron chi connectivity index (χ2n) is 7.55. The molecule has 3 aromatic carbocycles. The predicted octanol–water partition coefficient (Wildman–Crippen LogP) is 5.16. The summed E-state index contributed by atoms with van der Waals surface area (Å²) in [6, 6.07) is 21.6. The summed E-state index contributed by atoms with van der Waals surface area (Å²) in [5.41, 5.74) is 5.52. The monoisotopic (exact) mass is 387 g/mol. The van der Waals surface area contributed by atoms with Crippen molar-refractivity contribution in [3.8, 4) is 11.5 Å². The van der Waals surface area contributed by atoms with Gasteiger partial charge in [-0.3, -0.25) is 9.69 Å². The van der Waals surface area contributed by atoms with Crippen LogP contribution in [0.15, 0.2) is 66.7 Å². The van der Waals surface area contributed by atoms with Crippen LogP contribution in [0.2, 0.25) is 0 Å². The molecule has 0 radical (unpaired) electrons. The standard InChI is InChI=1S/C25H25NO3/c1-16-5-8-19(9-6-16)23-24(29-22-13-11-21(28-4)12-14-22)25(27)26(23)20-10-7-17(2)18(3)15-20/h5-15,23-24H,1-4H3. The highest BCUT2D eigenvalue weighted by molar-refractivity contribution is 6.05. The zero-order valence-electron chi connectivity index (χ0n) is 17.2. The third-order valence-corrected chi connectivity index (χ3v) is 5.56. The van der Waals surface area contributed by atoms with Crippen LogP contribution in [0.25, 0.3) is 0 Å². The molecular weight excluding hydrogens is 362 g/mol. The number of benzene rings is 3. The largest absolute Gasteiger partial charge is 0.497 e. The van der Waals surface area contributed by atoms with Gasteiger partial charge in [0.15, 0.2) is 0 Å². The van der Waals surface area contributed by atoms with E-state index in [4.69, 9.17) is 9.47 Å². The molecular formula is C25H25NO3. The second-order valence-corrected chi connectivity index (χ2v) is 7.55. The van der Waals surface area contributed by atoms with E-state index in [0.717, 1.165) is 22.6 Å². The van der Waals surface area contributed by atoms with E-state index in [9.17, 15) is 4.79 Å². The summed E-state index contributed by atoms with van der Waals surface area (Å²) < 4.78 is 11.3. The molecule has 148 valence electrons. The van der Waals surface area contributed by atoms with Gasteiger partial charge in [0.1, 0.15) is 17.5 Å². The number of hydrogen-bond acceptors (Lipinski definition) is 3. The van der Waals surface area contributed by atoms with Crippen LogP contribution in [-0.4, -0.2) is 19.1 Å². The average molecular weight is 387 g/mol. The minimum atomic E-state index is -0.562. The Bertz CT molecular complexity index is 1020. The maximum Gasteiger partial charge on any atom is 0.271 e. The lowest BCUT2D eigenvalue weighted by molar-refractivity contribution is -0.135. The smallest absolute Gasteiger partial charge is 0.271 e. The Balaban J connectivity index is 1.67. The van der Waals surface area contributed by atoms with Gasteiger partial charge in [0.25, 0.3) is 5.91 Å². The van der Waals surface area contributed by atoms with Gasteiger partial charge in [-0.2, -0.15) is 0 Å². The van der Waals surface area contributed by atoms with E-state index in [2.05, 4.69) is 57.2 Å². The van der Waals surface area contributed by atoms with Crippen molar-refractivity contribution < 1.29 is 14.3 Å². The third-order valence-electron chi connectivity index (χ3n) is 5.56. The summed E-state index contributed by atoms with van der Waals surface area (Å²) in [7, 11) is 1.63. The summed E-state index contributed by atoms with van der Waals surface area (Å²) in [6.45, 7) is 6.20. The Morgan fingerprint density at radius 2 is 1.45 bits per heavy atom. The van der Waals surface area contributed by atoms with Crippen LogP contribution in [0, 0.1) is 20.8 Å². The molecule has 0 N–H and O–H groups in total. The number of anilines is 1. The normalized spacial score (nSPS) is 18.3. The maximum absolute atomic E-state index is 13.1. The number of carbonyl (C=O) groups excluding carboxylic acids is 1. The van der Waals surface area contributed by atoms with E-state index in [1.165, 1.54) is 11.1 Å². The van der Waals surface area contributed by atoms with E-state index in [0.29, 0.717) is 5.75 Å². The third kappa shape index (κ3) is 3.58. The fourth-order valence-corrected chi connectivity index (χ4v) is 3.63. The number of rotatable bonds is 5. The van der Waals surface area contributed by atoms with Crippen molar-refractivity contribution in [2.75, 3.05) is 12.0 Å². The lowest BCUT2D eigenvalue weighted by Gasteiger charge is -2.46. The van der Waals surface area contributed by atoms with Gasteiger partial charge in [0.05, 0.1) is 7.11 Å². The summed E-state index contributed by atoms with van der Waals surface area (Å²) >= 11 is 0. The fourth-order valence-electron chi connectivity index (χ4n) is 3.63. The van der Waals surface area contributed by atoms with E-state index in [1.54, 1.807) is 7.11 Å². The molecule has 2 atom stereocenters. The zero-order chi connectivity index (χ0) is 20.5. The van der Waals surface area contributed by atoms with Crippen molar-refractivity contribution in [2.24, 2.45) is 0 Å². The average Bonchev–Trinajstić information content (AvgIpc) is 2.73. The molecule has 29 heavy (non-hydrogen) atoms. The van der Waals surface area contributed by atoms with Crippen molar-refractivity contribution in [2.45, 2.75) is 32.9 Å². The van der Waals surface area contributed by atoms with Crippen molar-refractivity contribution >= 4 is 11.6 Å². The molecule has 2 unspecified atom stereocenters. The molecule has 4 heteroatoms. The molecule has 0 bridgehead atoms. The minimum absolute atomic E-state index is 0.0327. The van der Waals surface area contributed by atoms with Crippen LogP contribution in [0.3, 0.4) is 0 Å². The Labute approximate surface area is 171 Å². The van der Waals surface area contributed by atoms with Gasteiger partial charge >= 0.3 is 0 Å². The molecule has 1 fully saturated rings. The lowest BCUT2D eigenvalue weighted by Crippen LogP contribution is -2.61. The van der Waals surface area contributed by atoms with Gasteiger partial charge in [-0.25, -0.2) is 0 Å². The molecule has 4 rings (SSSR count). The van der Waals surface area contributed by atoms with Gasteiger partial charge in [0.2, 0.25) is 6.10 Å². The molecule has 0 saturated carbocycles. The molecule has 1 saturated heterocycles. The molecule has 0 spiro atoms. The number of ether oxygens (including phenoxy) is 2. The van der Waals surface area contributed by atoms with Crippen LogP contribution in [0.5, 0.6) is 11.5 Å². The molecule has 0 aromatic heterocycles. The van der Waals surface area contributed by atoms with Crippen molar-refractivity contribution in [3.05, 3.63) is 89.0 Å². The Morgan fingerprint density at radius 1 is 0.793 bits per heavy atom. The first-order valence-electron chi connectivity index (χ1n) is 9.75. The van der Waals surface area contributed by atoms with E-state index in [-0.39, 0.29) is 11.9 Å². The highest BCUT2D eigenvalue weighted by Gasteiger charge is 2.51. The zero-order valence-corrected chi connectivity index (χ0v) is 17.2. The van der Waals surface area contributed by atoms with Gasteiger partial charge < -0.3 is 9.47 Å². The first-order chi connectivity index (χ1) is 14.0. The number of amides is 1. The summed E-state index contributed by atoms with van der Waals surface area (Å²) in [4.78, 5) is 15.0. The number of aryl methyl sites for hydroxylation is 3. The van der Waals surface area contributed by atoms with Crippen LogP contribution in [0.4, 0.5) is 5.69 Å². The van der Waals surface area contributed by atoms with Gasteiger partial charge in [-0.05, 0) is 73.9 Å². The maximum atomic E-state index is 13.1. The quantitative estimate of drug-likeness (QED) is 0.568. The van der Waals surface area contributed by atoms with Crippen molar-refractivity contribution in [1.82, 2.24) is 0 Å². The van der Waals surface area contributed by atoms with Crippen LogP contribution < -0.4 is 14.4 Å². The highest BCUT2D eigenvalue weighted by atomic mass is 16.5. The Morgan fingerprint density at radius 3 is 2.07 bits per heavy atom. The Hall–Kier alpha value is -3.27. The molecule has 4 nitrogen and oxygen atoms in total. The molecule has 0 aliphatic carbocycles. The van der Waals surface area contributed by atoms with Gasteiger partial charge in [-0.15, -0.1) is 0 Å². The molecule has 1 aliphatic heterocycles. The predicted molar refractivity (Wildman–Crippen MR) is 115 cm³/mol. The van der Waals surface area contributed by atoms with Crippen LogP contribution in [-0.2, 0) is 4.79 Å². The SMILES string of the molecule is COc1ccc(OC2C(=O)N(c3ccc(C)c(C)c3)C2c2ccc(C)cc2)cc1.